The molecule has 14 nitrogen and oxygen atoms in total. The van der Waals surface area contributed by atoms with Crippen LogP contribution in [0.3, 0.4) is 0 Å². The van der Waals surface area contributed by atoms with Crippen molar-refractivity contribution in [2.24, 2.45) is 5.92 Å². The van der Waals surface area contributed by atoms with Crippen molar-refractivity contribution >= 4 is 33.8 Å². The maximum absolute atomic E-state index is 14.8. The van der Waals surface area contributed by atoms with Crippen LogP contribution in [0.2, 0.25) is 0 Å². The third-order valence-corrected chi connectivity index (χ3v) is 12.8. The molecule has 61 heavy (non-hydrogen) atoms. The average Bonchev–Trinajstić information content (AvgIpc) is 3.73. The Morgan fingerprint density at radius 1 is 0.902 bits per heavy atom. The highest BCUT2D eigenvalue weighted by atomic mass is 32.2. The van der Waals surface area contributed by atoms with Crippen LogP contribution in [-0.2, 0) is 29.1 Å². The van der Waals surface area contributed by atoms with Gasteiger partial charge in [-0.25, -0.2) is 22.6 Å². The number of aryl methyl sites for hydroxylation is 1. The topological polar surface area (TPSA) is 186 Å². The number of hydrogen-bond acceptors (Lipinski definition) is 9. The minimum atomic E-state index is -4.32. The number of carbonyl (C=O) groups is 4. The first-order chi connectivity index (χ1) is 29.1. The van der Waals surface area contributed by atoms with Gasteiger partial charge in [-0.15, -0.1) is 0 Å². The zero-order valence-electron chi connectivity index (χ0n) is 34.8. The molecule has 3 aromatic carbocycles. The Kier molecular flexibility index (Phi) is 12.3. The van der Waals surface area contributed by atoms with Gasteiger partial charge >= 0.3 is 6.09 Å². The summed E-state index contributed by atoms with van der Waals surface area (Å²) in [5.41, 5.74) is 0.362. The second-order valence-corrected chi connectivity index (χ2v) is 18.8. The highest BCUT2D eigenvalue weighted by molar-refractivity contribution is 7.90. The van der Waals surface area contributed by atoms with E-state index in [2.05, 4.69) is 20.5 Å². The zero-order chi connectivity index (χ0) is 43.5. The molecule has 0 spiro atoms. The fourth-order valence-electron chi connectivity index (χ4n) is 8.16. The summed E-state index contributed by atoms with van der Waals surface area (Å²) >= 11 is 0. The summed E-state index contributed by atoms with van der Waals surface area (Å²) in [4.78, 5) is 72.7. The van der Waals surface area contributed by atoms with Crippen LogP contribution in [0.4, 0.5) is 4.79 Å². The van der Waals surface area contributed by atoms with E-state index in [4.69, 9.17) is 4.74 Å². The third-order valence-electron chi connectivity index (χ3n) is 11.4. The van der Waals surface area contributed by atoms with Gasteiger partial charge in [-0.05, 0) is 76.6 Å². The molecule has 15 heteroatoms. The van der Waals surface area contributed by atoms with Gasteiger partial charge in [0.05, 0.1) is 22.7 Å². The minimum Gasteiger partial charge on any atom is -0.444 e. The first kappa shape index (κ1) is 43.0. The first-order valence-electron chi connectivity index (χ1n) is 20.7. The molecule has 3 aliphatic rings. The number of benzene rings is 3. The summed E-state index contributed by atoms with van der Waals surface area (Å²) in [5, 5.41) is 10.2. The van der Waals surface area contributed by atoms with Gasteiger partial charge in [-0.1, -0.05) is 103 Å². The molecule has 1 saturated heterocycles. The number of sulfonamides is 1. The Labute approximate surface area is 355 Å². The molecule has 2 fully saturated rings. The molecule has 4 aromatic rings. The van der Waals surface area contributed by atoms with Gasteiger partial charge in [0, 0.05) is 24.4 Å². The lowest BCUT2D eigenvalue weighted by Crippen LogP contribution is -2.58. The number of rotatable bonds is 7. The van der Waals surface area contributed by atoms with Crippen molar-refractivity contribution in [1.82, 2.24) is 30.0 Å². The smallest absolute Gasteiger partial charge is 0.408 e. The van der Waals surface area contributed by atoms with Crippen molar-refractivity contribution in [2.75, 3.05) is 6.54 Å². The van der Waals surface area contributed by atoms with E-state index in [1.165, 1.54) is 21.7 Å². The molecule has 0 bridgehead atoms. The number of amides is 4. The minimum absolute atomic E-state index is 0.0670. The van der Waals surface area contributed by atoms with E-state index in [1.54, 1.807) is 39.1 Å². The lowest BCUT2D eigenvalue weighted by Gasteiger charge is -2.30. The van der Waals surface area contributed by atoms with Crippen LogP contribution in [0.15, 0.2) is 113 Å². The standard InChI is InChI=1S/C46H52N6O8S/c1-30-22-24-35(25-23-30)61(58,59)50-43(56)46-27-33(46)20-14-6-5-7-15-21-37(48-44(57)60-45(2,3)4)41(54)51-29-34(26-38(51)40(53)49-46)52-42(55)39(32-18-12-9-13-19-32)36(28-47-52)31-16-10-8-11-17-31/h8-14,16-20,22-25,28,33-34,37-38H,5-7,15,21,26-27,29H2,1-4H3,(H,48,57)(H,49,53)(H,50,56)/b20-14-/t33-,34?,37+,38+,46?/m1/s1. The van der Waals surface area contributed by atoms with E-state index < -0.39 is 74.6 Å². The maximum atomic E-state index is 14.8. The van der Waals surface area contributed by atoms with E-state index in [0.29, 0.717) is 36.0 Å². The van der Waals surface area contributed by atoms with Gasteiger partial charge in [-0.2, -0.15) is 5.10 Å². The molecule has 1 aliphatic carbocycles. The van der Waals surface area contributed by atoms with Gasteiger partial charge in [-0.3, -0.25) is 19.2 Å². The van der Waals surface area contributed by atoms with Crippen molar-refractivity contribution in [2.45, 2.75) is 107 Å². The van der Waals surface area contributed by atoms with Crippen LogP contribution < -0.4 is 20.9 Å². The van der Waals surface area contributed by atoms with Gasteiger partial charge in [0.2, 0.25) is 11.8 Å². The Morgan fingerprint density at radius 2 is 1.57 bits per heavy atom. The number of hydrogen-bond donors (Lipinski definition) is 3. The number of nitrogens with one attached hydrogen (secondary N) is 3. The molecule has 2 aliphatic heterocycles. The number of nitrogens with zero attached hydrogens (tertiary/aromatic N) is 3. The summed E-state index contributed by atoms with van der Waals surface area (Å²) in [5.74, 6) is -2.70. The molecule has 5 atom stereocenters. The van der Waals surface area contributed by atoms with Gasteiger partial charge in [0.15, 0.2) is 0 Å². The second kappa shape index (κ2) is 17.5. The Balaban J connectivity index is 1.27. The highest BCUT2D eigenvalue weighted by Crippen LogP contribution is 2.46. The van der Waals surface area contributed by atoms with Crippen molar-refractivity contribution < 1.29 is 32.3 Å². The molecule has 0 radical (unpaired) electrons. The SMILES string of the molecule is Cc1ccc(S(=O)(=O)NC(=O)C23C[C@H]2/C=C\CCCCC[C@H](NC(=O)OC(C)(C)C)C(=O)N2CC(n4ncc(-c5ccccc5)c(-c5ccccc5)c4=O)C[C@H]2C(=O)N3)cc1. The monoisotopic (exact) mass is 848 g/mol. The molecular formula is C46H52N6O8S. The van der Waals surface area contributed by atoms with Crippen LogP contribution in [0.1, 0.15) is 77.3 Å². The van der Waals surface area contributed by atoms with E-state index in [0.717, 1.165) is 17.5 Å². The van der Waals surface area contributed by atoms with Crippen LogP contribution in [0.25, 0.3) is 22.3 Å². The Hall–Kier alpha value is -6.09. The summed E-state index contributed by atoms with van der Waals surface area (Å²) in [6.07, 6.45) is 7.55. The number of allylic oxidation sites excluding steroid dienone is 1. The largest absolute Gasteiger partial charge is 0.444 e. The van der Waals surface area contributed by atoms with Crippen molar-refractivity contribution in [1.29, 1.82) is 0 Å². The summed E-state index contributed by atoms with van der Waals surface area (Å²) in [6.45, 7) is 6.83. The van der Waals surface area contributed by atoms with E-state index in [9.17, 15) is 32.4 Å². The molecule has 1 aromatic heterocycles. The molecule has 3 heterocycles. The Morgan fingerprint density at radius 3 is 2.25 bits per heavy atom. The van der Waals surface area contributed by atoms with E-state index in [-0.39, 0.29) is 30.7 Å². The normalized spacial score (nSPS) is 23.9. The summed E-state index contributed by atoms with van der Waals surface area (Å²) in [7, 11) is -4.32. The van der Waals surface area contributed by atoms with Gasteiger partial charge in [0.25, 0.3) is 21.5 Å². The van der Waals surface area contributed by atoms with Crippen LogP contribution in [-0.4, -0.2) is 76.7 Å². The van der Waals surface area contributed by atoms with Crippen molar-refractivity contribution in [3.63, 3.8) is 0 Å². The van der Waals surface area contributed by atoms with Gasteiger partial charge < -0.3 is 20.3 Å². The molecule has 3 N–H and O–H groups in total. The molecular weight excluding hydrogens is 797 g/mol. The lowest BCUT2D eigenvalue weighted by atomic mass is 9.97. The van der Waals surface area contributed by atoms with E-state index >= 15 is 0 Å². The second-order valence-electron chi connectivity index (χ2n) is 17.1. The Bertz CT molecular complexity index is 2480. The maximum Gasteiger partial charge on any atom is 0.408 e. The lowest BCUT2D eigenvalue weighted by molar-refractivity contribution is -0.141. The van der Waals surface area contributed by atoms with Crippen LogP contribution >= 0.6 is 0 Å². The number of fused-ring (bicyclic) bond motifs is 2. The van der Waals surface area contributed by atoms with Crippen LogP contribution in [0, 0.1) is 12.8 Å². The molecule has 320 valence electrons. The van der Waals surface area contributed by atoms with Crippen molar-refractivity contribution in [3.05, 3.63) is 119 Å². The van der Waals surface area contributed by atoms with Crippen LogP contribution in [0.5, 0.6) is 0 Å². The molecule has 4 amide bonds. The quantitative estimate of drug-likeness (QED) is 0.193. The predicted octanol–water partition coefficient (Wildman–Crippen LogP) is 5.82. The van der Waals surface area contributed by atoms with Crippen molar-refractivity contribution in [3.8, 4) is 22.3 Å². The highest BCUT2D eigenvalue weighted by Gasteiger charge is 2.61. The number of aromatic nitrogens is 2. The molecule has 1 saturated carbocycles. The third kappa shape index (κ3) is 9.62. The van der Waals surface area contributed by atoms with Gasteiger partial charge in [0.1, 0.15) is 23.2 Å². The molecule has 7 rings (SSSR count). The summed E-state index contributed by atoms with van der Waals surface area (Å²) < 4.78 is 35.9. The summed E-state index contributed by atoms with van der Waals surface area (Å²) in [6, 6.07) is 21.5. The first-order valence-corrected chi connectivity index (χ1v) is 22.2. The fraction of sp³-hybridized carbons (Fsp3) is 0.391. The predicted molar refractivity (Wildman–Crippen MR) is 229 cm³/mol. The number of alkyl carbamates (subject to hydrolysis) is 1. The zero-order valence-corrected chi connectivity index (χ0v) is 35.6. The van der Waals surface area contributed by atoms with E-state index in [1.807, 2.05) is 79.7 Å². The fourth-order valence-corrected chi connectivity index (χ4v) is 9.20. The number of carbonyl (C=O) groups excluding carboxylic acids is 4. The number of ether oxygens (including phenoxy) is 1. The average molecular weight is 849 g/mol. The molecule has 2 unspecified atom stereocenters.